The fraction of sp³-hybridized carbons (Fsp3) is 0.600. The molecule has 1 aromatic carbocycles. The third kappa shape index (κ3) is 7.04. The molecule has 1 aliphatic rings. The summed E-state index contributed by atoms with van der Waals surface area (Å²) < 4.78 is 5.20. The number of likely N-dealkylation sites (tertiary alicyclic amines) is 1. The highest BCUT2D eigenvalue weighted by atomic mass is 16.6. The van der Waals surface area contributed by atoms with Gasteiger partial charge in [0.15, 0.2) is 0 Å². The first-order chi connectivity index (χ1) is 12.2. The number of amides is 2. The molecule has 0 saturated carbocycles. The summed E-state index contributed by atoms with van der Waals surface area (Å²) >= 11 is 0. The molecule has 0 spiro atoms. The van der Waals surface area contributed by atoms with Gasteiger partial charge >= 0.3 is 6.09 Å². The van der Waals surface area contributed by atoms with Gasteiger partial charge in [0.1, 0.15) is 5.60 Å². The summed E-state index contributed by atoms with van der Waals surface area (Å²) in [6.07, 6.45) is 2.13. The predicted molar refractivity (Wildman–Crippen MR) is 103 cm³/mol. The van der Waals surface area contributed by atoms with E-state index < -0.39 is 11.7 Å². The first-order valence-corrected chi connectivity index (χ1v) is 9.28. The molecule has 26 heavy (non-hydrogen) atoms. The number of anilines is 1. The van der Waals surface area contributed by atoms with Crippen LogP contribution in [0.1, 0.15) is 39.2 Å². The molecule has 1 fully saturated rings. The van der Waals surface area contributed by atoms with Gasteiger partial charge in [-0.1, -0.05) is 12.1 Å². The Hall–Kier alpha value is -2.08. The predicted octanol–water partition coefficient (Wildman–Crippen LogP) is 3.03. The third-order valence-corrected chi connectivity index (χ3v) is 4.39. The first kappa shape index (κ1) is 20.2. The Kier molecular flexibility index (Phi) is 7.03. The van der Waals surface area contributed by atoms with Crippen molar-refractivity contribution in [2.75, 3.05) is 32.0 Å². The second kappa shape index (κ2) is 9.03. The third-order valence-electron chi connectivity index (χ3n) is 4.39. The summed E-state index contributed by atoms with van der Waals surface area (Å²) in [4.78, 5) is 26.2. The number of ether oxygens (including phenoxy) is 1. The quantitative estimate of drug-likeness (QED) is 0.846. The van der Waals surface area contributed by atoms with Gasteiger partial charge in [-0.05, 0) is 77.9 Å². The SMILES string of the molecule is CN1CCC(C(=O)Nc2ccc(CCNC(=O)OC(C)(C)C)cc2)CC1. The van der Waals surface area contributed by atoms with Crippen LogP contribution in [0.5, 0.6) is 0 Å². The van der Waals surface area contributed by atoms with E-state index in [1.807, 2.05) is 45.0 Å². The van der Waals surface area contributed by atoms with Crippen LogP contribution < -0.4 is 10.6 Å². The second-order valence-corrected chi connectivity index (χ2v) is 7.94. The minimum absolute atomic E-state index is 0.101. The standard InChI is InChI=1S/C20H31N3O3/c1-20(2,3)26-19(25)21-12-9-15-5-7-17(8-6-15)22-18(24)16-10-13-23(4)14-11-16/h5-8,16H,9-14H2,1-4H3,(H,21,25)(H,22,24). The average molecular weight is 361 g/mol. The van der Waals surface area contributed by atoms with E-state index in [9.17, 15) is 9.59 Å². The molecule has 6 nitrogen and oxygen atoms in total. The van der Waals surface area contributed by atoms with Gasteiger partial charge in [-0.15, -0.1) is 0 Å². The van der Waals surface area contributed by atoms with Gasteiger partial charge in [0.25, 0.3) is 0 Å². The normalized spacial score (nSPS) is 16.2. The zero-order valence-corrected chi connectivity index (χ0v) is 16.3. The molecule has 0 aliphatic carbocycles. The van der Waals surface area contributed by atoms with E-state index in [0.717, 1.165) is 37.2 Å². The molecule has 1 aromatic rings. The number of nitrogens with one attached hydrogen (secondary N) is 2. The maximum atomic E-state index is 12.3. The fourth-order valence-corrected chi connectivity index (χ4v) is 2.89. The largest absolute Gasteiger partial charge is 0.444 e. The number of carbonyl (C=O) groups excluding carboxylic acids is 2. The van der Waals surface area contributed by atoms with Crippen LogP contribution in [0.4, 0.5) is 10.5 Å². The van der Waals surface area contributed by atoms with Crippen LogP contribution in [-0.4, -0.2) is 49.2 Å². The Morgan fingerprint density at radius 3 is 2.35 bits per heavy atom. The van der Waals surface area contributed by atoms with Crippen molar-refractivity contribution in [2.45, 2.75) is 45.6 Å². The summed E-state index contributed by atoms with van der Waals surface area (Å²) in [6, 6.07) is 7.77. The lowest BCUT2D eigenvalue weighted by Crippen LogP contribution is -2.35. The summed E-state index contributed by atoms with van der Waals surface area (Å²) in [7, 11) is 2.09. The molecule has 2 amide bonds. The molecular formula is C20H31N3O3. The summed E-state index contributed by atoms with van der Waals surface area (Å²) in [5.74, 6) is 0.210. The molecule has 1 saturated heterocycles. The van der Waals surface area contributed by atoms with Crippen LogP contribution in [0.25, 0.3) is 0 Å². The van der Waals surface area contributed by atoms with Crippen molar-refractivity contribution in [3.8, 4) is 0 Å². The van der Waals surface area contributed by atoms with Crippen LogP contribution in [-0.2, 0) is 16.0 Å². The maximum Gasteiger partial charge on any atom is 0.407 e. The minimum Gasteiger partial charge on any atom is -0.444 e. The van der Waals surface area contributed by atoms with Crippen LogP contribution >= 0.6 is 0 Å². The summed E-state index contributed by atoms with van der Waals surface area (Å²) in [5.41, 5.74) is 1.42. The van der Waals surface area contributed by atoms with Crippen LogP contribution in [0.15, 0.2) is 24.3 Å². The Morgan fingerprint density at radius 1 is 1.15 bits per heavy atom. The zero-order chi connectivity index (χ0) is 19.2. The van der Waals surface area contributed by atoms with Crippen molar-refractivity contribution in [1.82, 2.24) is 10.2 Å². The van der Waals surface area contributed by atoms with Gasteiger partial charge in [-0.2, -0.15) is 0 Å². The molecular weight excluding hydrogens is 330 g/mol. The average Bonchev–Trinajstić information content (AvgIpc) is 2.55. The Bertz CT molecular complexity index is 600. The lowest BCUT2D eigenvalue weighted by Gasteiger charge is -2.28. The highest BCUT2D eigenvalue weighted by Gasteiger charge is 2.23. The van der Waals surface area contributed by atoms with E-state index in [1.54, 1.807) is 0 Å². The lowest BCUT2D eigenvalue weighted by atomic mass is 9.96. The summed E-state index contributed by atoms with van der Waals surface area (Å²) in [6.45, 7) is 7.97. The van der Waals surface area contributed by atoms with Gasteiger partial charge in [-0.3, -0.25) is 4.79 Å². The van der Waals surface area contributed by atoms with Crippen molar-refractivity contribution < 1.29 is 14.3 Å². The van der Waals surface area contributed by atoms with Crippen molar-refractivity contribution in [2.24, 2.45) is 5.92 Å². The van der Waals surface area contributed by atoms with Crippen LogP contribution in [0.3, 0.4) is 0 Å². The van der Waals surface area contributed by atoms with Gasteiger partial charge in [0.2, 0.25) is 5.91 Å². The number of rotatable bonds is 5. The molecule has 1 aliphatic heterocycles. The maximum absolute atomic E-state index is 12.3. The van der Waals surface area contributed by atoms with E-state index in [1.165, 1.54) is 0 Å². The fourth-order valence-electron chi connectivity index (χ4n) is 2.89. The van der Waals surface area contributed by atoms with Crippen LogP contribution in [0.2, 0.25) is 0 Å². The Balaban J connectivity index is 1.74. The highest BCUT2D eigenvalue weighted by Crippen LogP contribution is 2.19. The molecule has 2 rings (SSSR count). The van der Waals surface area contributed by atoms with Gasteiger partial charge in [0, 0.05) is 18.2 Å². The van der Waals surface area contributed by atoms with Crippen molar-refractivity contribution in [1.29, 1.82) is 0 Å². The van der Waals surface area contributed by atoms with Crippen molar-refractivity contribution in [3.05, 3.63) is 29.8 Å². The Morgan fingerprint density at radius 2 is 1.77 bits per heavy atom. The summed E-state index contributed by atoms with van der Waals surface area (Å²) in [5, 5.41) is 5.75. The smallest absolute Gasteiger partial charge is 0.407 e. The number of nitrogens with zero attached hydrogens (tertiary/aromatic N) is 1. The van der Waals surface area contributed by atoms with Crippen LogP contribution in [0, 0.1) is 5.92 Å². The number of alkyl carbamates (subject to hydrolysis) is 1. The van der Waals surface area contributed by atoms with Gasteiger partial charge in [0.05, 0.1) is 0 Å². The molecule has 0 aromatic heterocycles. The van der Waals surface area contributed by atoms with E-state index in [0.29, 0.717) is 13.0 Å². The molecule has 6 heteroatoms. The highest BCUT2D eigenvalue weighted by molar-refractivity contribution is 5.92. The molecule has 0 atom stereocenters. The van der Waals surface area contributed by atoms with E-state index in [2.05, 4.69) is 22.6 Å². The Labute approximate surface area is 156 Å². The van der Waals surface area contributed by atoms with Gasteiger partial charge < -0.3 is 20.3 Å². The number of benzene rings is 1. The van der Waals surface area contributed by atoms with E-state index in [-0.39, 0.29) is 11.8 Å². The number of carbonyl (C=O) groups is 2. The van der Waals surface area contributed by atoms with E-state index >= 15 is 0 Å². The molecule has 0 radical (unpaired) electrons. The molecule has 1 heterocycles. The molecule has 0 bridgehead atoms. The minimum atomic E-state index is -0.488. The monoisotopic (exact) mass is 361 g/mol. The molecule has 144 valence electrons. The zero-order valence-electron chi connectivity index (χ0n) is 16.3. The number of piperidine rings is 1. The molecule has 2 N–H and O–H groups in total. The second-order valence-electron chi connectivity index (χ2n) is 7.94. The van der Waals surface area contributed by atoms with Gasteiger partial charge in [-0.25, -0.2) is 4.79 Å². The molecule has 0 unspecified atom stereocenters. The van der Waals surface area contributed by atoms with Crippen molar-refractivity contribution in [3.63, 3.8) is 0 Å². The number of hydrogen-bond acceptors (Lipinski definition) is 4. The lowest BCUT2D eigenvalue weighted by molar-refractivity contribution is -0.121. The number of hydrogen-bond donors (Lipinski definition) is 2. The topological polar surface area (TPSA) is 70.7 Å². The first-order valence-electron chi connectivity index (χ1n) is 9.28. The van der Waals surface area contributed by atoms with Crippen molar-refractivity contribution >= 4 is 17.7 Å². The van der Waals surface area contributed by atoms with E-state index in [4.69, 9.17) is 4.74 Å².